The third kappa shape index (κ3) is 7.47. The molecule has 0 saturated carbocycles. The van der Waals surface area contributed by atoms with Crippen LogP contribution in [0.3, 0.4) is 0 Å². The molecule has 0 aliphatic carbocycles. The van der Waals surface area contributed by atoms with Crippen LogP contribution in [0.2, 0.25) is 0 Å². The number of carbonyl (C=O) groups is 5. The second-order valence-corrected chi connectivity index (χ2v) is 20.4. The van der Waals surface area contributed by atoms with Gasteiger partial charge in [0.05, 0.1) is 43.1 Å². The molecular formula is C49H47F3N12O5S. The highest BCUT2D eigenvalue weighted by Crippen LogP contribution is 2.45. The molecule has 4 fully saturated rings. The number of imide groups is 1. The summed E-state index contributed by atoms with van der Waals surface area (Å²) in [6.45, 7) is 3.35. The molecule has 2 unspecified atom stereocenters. The van der Waals surface area contributed by atoms with Crippen LogP contribution in [0.4, 0.5) is 34.6 Å². The molecule has 3 aromatic heterocycles. The number of benzene rings is 3. The Kier molecular flexibility index (Phi) is 10.4. The van der Waals surface area contributed by atoms with E-state index >= 15 is 13.2 Å². The maximum Gasteiger partial charge on any atom is 0.329 e. The van der Waals surface area contributed by atoms with Crippen molar-refractivity contribution >= 4 is 68.5 Å². The Balaban J connectivity index is 0.650. The van der Waals surface area contributed by atoms with Gasteiger partial charge in [0, 0.05) is 104 Å². The lowest BCUT2D eigenvalue weighted by molar-refractivity contribution is -0.149. The zero-order valence-corrected chi connectivity index (χ0v) is 38.9. The third-order valence-electron chi connectivity index (χ3n) is 14.9. The van der Waals surface area contributed by atoms with Crippen molar-refractivity contribution in [2.45, 2.75) is 56.7 Å². The van der Waals surface area contributed by atoms with Crippen molar-refractivity contribution in [3.8, 4) is 11.1 Å². The summed E-state index contributed by atoms with van der Waals surface area (Å²) >= 11 is 1.26. The number of thiazole rings is 1. The van der Waals surface area contributed by atoms with E-state index in [-0.39, 0.29) is 67.4 Å². The number of aryl methyl sites for hydroxylation is 2. The Morgan fingerprint density at radius 1 is 0.943 bits per heavy atom. The molecule has 4 saturated heterocycles. The average molecular weight is 973 g/mol. The zero-order valence-electron chi connectivity index (χ0n) is 38.0. The third-order valence-corrected chi connectivity index (χ3v) is 15.6. The fraction of sp³-hybridized carbons (Fsp3) is 0.388. The first-order chi connectivity index (χ1) is 33.7. The Bertz CT molecular complexity index is 3140. The van der Waals surface area contributed by atoms with Gasteiger partial charge in [0.25, 0.3) is 17.7 Å². The van der Waals surface area contributed by atoms with E-state index in [0.717, 1.165) is 49.4 Å². The van der Waals surface area contributed by atoms with Gasteiger partial charge in [-0.2, -0.15) is 5.10 Å². The number of likely N-dealkylation sites (tertiary alicyclic amines) is 2. The SMILES string of the molecule is Cn1nc(N2CCC(=O)NC2=O)c2ccc(C3CCN(C(=O)CN4CC5(C4)CN(c4ccc(-c6cc(F)c7c(c6)C(=O)N(C(C(=O)Nc6nccs6)c6ncn8c6CCC8)C7)cc4)C5)CC3(F)F)cc21. The van der Waals surface area contributed by atoms with Crippen LogP contribution in [0.15, 0.2) is 72.5 Å². The maximum atomic E-state index is 16.0. The van der Waals surface area contributed by atoms with Crippen LogP contribution in [0.5, 0.6) is 0 Å². The summed E-state index contributed by atoms with van der Waals surface area (Å²) in [4.78, 5) is 82.7. The van der Waals surface area contributed by atoms with E-state index in [1.165, 1.54) is 32.1 Å². The molecule has 0 bridgehead atoms. The number of fused-ring (bicyclic) bond motifs is 3. The summed E-state index contributed by atoms with van der Waals surface area (Å²) in [5, 5.41) is 12.3. The van der Waals surface area contributed by atoms with E-state index in [1.54, 1.807) is 53.9 Å². The van der Waals surface area contributed by atoms with Crippen molar-refractivity contribution in [3.05, 3.63) is 106 Å². The molecule has 0 radical (unpaired) electrons. The Morgan fingerprint density at radius 2 is 1.76 bits per heavy atom. The number of hydrogen-bond acceptors (Lipinski definition) is 11. The summed E-state index contributed by atoms with van der Waals surface area (Å²) in [5.74, 6) is -6.04. The molecule has 1 spiro atoms. The van der Waals surface area contributed by atoms with Crippen LogP contribution in [-0.4, -0.2) is 127 Å². The van der Waals surface area contributed by atoms with Gasteiger partial charge in [0.2, 0.25) is 11.8 Å². The van der Waals surface area contributed by atoms with Crippen LogP contribution in [0.25, 0.3) is 22.0 Å². The number of nitrogens with one attached hydrogen (secondary N) is 2. The number of imidazole rings is 1. The van der Waals surface area contributed by atoms with Crippen LogP contribution < -0.4 is 20.4 Å². The minimum absolute atomic E-state index is 0.00351. The van der Waals surface area contributed by atoms with Crippen LogP contribution in [-0.2, 0) is 40.9 Å². The molecule has 70 heavy (non-hydrogen) atoms. The molecule has 21 heteroatoms. The molecule has 17 nitrogen and oxygen atoms in total. The van der Waals surface area contributed by atoms with Crippen LogP contribution in [0.1, 0.15) is 64.1 Å². The van der Waals surface area contributed by atoms with Gasteiger partial charge >= 0.3 is 6.03 Å². The van der Waals surface area contributed by atoms with E-state index in [9.17, 15) is 24.0 Å². The van der Waals surface area contributed by atoms with Crippen molar-refractivity contribution in [1.29, 1.82) is 0 Å². The monoisotopic (exact) mass is 972 g/mol. The molecule has 3 aromatic carbocycles. The number of halogens is 3. The highest BCUT2D eigenvalue weighted by molar-refractivity contribution is 7.13. The van der Waals surface area contributed by atoms with Gasteiger partial charge in [-0.3, -0.25) is 44.3 Å². The van der Waals surface area contributed by atoms with Gasteiger partial charge < -0.3 is 19.3 Å². The van der Waals surface area contributed by atoms with Gasteiger partial charge in [-0.1, -0.05) is 18.2 Å². The normalized spacial score (nSPS) is 20.9. The number of piperidine rings is 1. The predicted molar refractivity (Wildman–Crippen MR) is 252 cm³/mol. The largest absolute Gasteiger partial charge is 0.370 e. The van der Waals surface area contributed by atoms with Crippen LogP contribution >= 0.6 is 11.3 Å². The van der Waals surface area contributed by atoms with Gasteiger partial charge in [0.1, 0.15) is 5.82 Å². The molecule has 6 aromatic rings. The molecule has 9 heterocycles. The summed E-state index contributed by atoms with van der Waals surface area (Å²) in [6, 6.07) is 14.2. The Labute approximate surface area is 402 Å². The average Bonchev–Trinajstić information content (AvgIpc) is 4.17. The van der Waals surface area contributed by atoms with Crippen molar-refractivity contribution in [2.75, 3.05) is 67.5 Å². The quantitative estimate of drug-likeness (QED) is 0.178. The van der Waals surface area contributed by atoms with Crippen molar-refractivity contribution in [3.63, 3.8) is 0 Å². The standard InChI is InChI=1S/C49H47F3N12O5S/c1-58-38-19-29(6-9-32(38)43(57-58)63-15-11-39(65)55-47(63)69)35-10-14-60(26-49(35,51)52)40(66)21-59-22-48(23-59)24-62(25-48)31-7-4-28(5-8-31)30-17-33-34(36(50)18-30)20-64(45(33)68)42(44(67)56-46-53-12-16-70-46)41-37-3-2-13-61(37)27-54-41/h4-9,12,16-19,27,35,42H,2-3,10-11,13-15,20-26H2,1H3,(H,53,56,67)(H,55,65,69). The second-order valence-electron chi connectivity index (χ2n) is 19.5. The molecule has 2 atom stereocenters. The topological polar surface area (TPSA) is 174 Å². The summed E-state index contributed by atoms with van der Waals surface area (Å²) in [5.41, 5.74) is 5.08. The molecule has 2 N–H and O–H groups in total. The molecular weight excluding hydrogens is 926 g/mol. The lowest BCUT2D eigenvalue weighted by Gasteiger charge is -2.61. The number of nitrogens with zero attached hydrogens (tertiary/aromatic N) is 10. The minimum Gasteiger partial charge on any atom is -0.370 e. The number of aromatic nitrogens is 5. The highest BCUT2D eigenvalue weighted by Gasteiger charge is 2.53. The second kappa shape index (κ2) is 16.5. The first kappa shape index (κ1) is 44.1. The van der Waals surface area contributed by atoms with Gasteiger partial charge in [0.15, 0.2) is 17.0 Å². The number of amides is 6. The van der Waals surface area contributed by atoms with Gasteiger partial charge in [-0.05, 0) is 72.4 Å². The lowest BCUT2D eigenvalue weighted by Crippen LogP contribution is -2.73. The van der Waals surface area contributed by atoms with Gasteiger partial charge in [-0.25, -0.2) is 27.9 Å². The van der Waals surface area contributed by atoms with Crippen molar-refractivity contribution in [1.82, 2.24) is 44.3 Å². The van der Waals surface area contributed by atoms with Crippen LogP contribution in [0, 0.1) is 11.2 Å². The molecule has 6 aliphatic rings. The summed E-state index contributed by atoms with van der Waals surface area (Å²) < 4.78 is 51.3. The number of carbonyl (C=O) groups excluding carboxylic acids is 5. The van der Waals surface area contributed by atoms with E-state index in [1.807, 2.05) is 33.7 Å². The number of anilines is 3. The molecule has 12 rings (SSSR count). The molecule has 6 amide bonds. The number of hydrogen-bond donors (Lipinski definition) is 2. The number of urea groups is 1. The van der Waals surface area contributed by atoms with Crippen molar-refractivity contribution in [2.24, 2.45) is 12.5 Å². The van der Waals surface area contributed by atoms with E-state index < -0.39 is 48.1 Å². The molecule has 360 valence electrons. The van der Waals surface area contributed by atoms with E-state index in [0.29, 0.717) is 51.8 Å². The first-order valence-electron chi connectivity index (χ1n) is 23.4. The number of rotatable bonds is 10. The highest BCUT2D eigenvalue weighted by atomic mass is 32.1. The van der Waals surface area contributed by atoms with E-state index in [4.69, 9.17) is 0 Å². The summed E-state index contributed by atoms with van der Waals surface area (Å²) in [7, 11) is 1.68. The fourth-order valence-electron chi connectivity index (χ4n) is 11.5. The smallest absolute Gasteiger partial charge is 0.329 e. The predicted octanol–water partition coefficient (Wildman–Crippen LogP) is 5.53. The Morgan fingerprint density at radius 3 is 2.51 bits per heavy atom. The van der Waals surface area contributed by atoms with Crippen molar-refractivity contribution < 1.29 is 37.1 Å². The number of alkyl halides is 2. The Hall–Kier alpha value is -7.13. The molecule has 6 aliphatic heterocycles. The maximum absolute atomic E-state index is 16.0. The first-order valence-corrected chi connectivity index (χ1v) is 24.3. The lowest BCUT2D eigenvalue weighted by atomic mass is 9.72. The van der Waals surface area contributed by atoms with E-state index in [2.05, 4.69) is 30.6 Å². The van der Waals surface area contributed by atoms with Gasteiger partial charge in [-0.15, -0.1) is 11.3 Å². The fourth-order valence-corrected chi connectivity index (χ4v) is 12.0. The minimum atomic E-state index is -3.17. The zero-order chi connectivity index (χ0) is 48.2. The summed E-state index contributed by atoms with van der Waals surface area (Å²) in [6.07, 6.45) is 5.12.